The van der Waals surface area contributed by atoms with E-state index in [0.29, 0.717) is 18.9 Å². The number of ether oxygens (including phenoxy) is 2. The van der Waals surface area contributed by atoms with Crippen LogP contribution in [0.25, 0.3) is 0 Å². The SMILES string of the molecule is CNCc1ccc([N+](=O)[O-])c(OC2CCCOC2)c1. The smallest absolute Gasteiger partial charge is 0.310 e. The molecule has 0 amide bonds. The summed E-state index contributed by atoms with van der Waals surface area (Å²) < 4.78 is 11.1. The minimum Gasteiger partial charge on any atom is -0.481 e. The normalized spacial score (nSPS) is 19.1. The van der Waals surface area contributed by atoms with E-state index in [1.165, 1.54) is 6.07 Å². The number of nitro groups is 1. The quantitative estimate of drug-likeness (QED) is 0.650. The van der Waals surface area contributed by atoms with Gasteiger partial charge in [0.25, 0.3) is 0 Å². The minimum atomic E-state index is -0.415. The molecule has 104 valence electrons. The molecule has 6 heteroatoms. The second kappa shape index (κ2) is 6.49. The lowest BCUT2D eigenvalue weighted by Gasteiger charge is -2.23. The average molecular weight is 266 g/mol. The van der Waals surface area contributed by atoms with Gasteiger partial charge in [0, 0.05) is 19.2 Å². The fourth-order valence-electron chi connectivity index (χ4n) is 2.10. The fraction of sp³-hybridized carbons (Fsp3) is 0.538. The van der Waals surface area contributed by atoms with Gasteiger partial charge in [-0.05, 0) is 31.5 Å². The van der Waals surface area contributed by atoms with Crippen molar-refractivity contribution in [2.75, 3.05) is 20.3 Å². The summed E-state index contributed by atoms with van der Waals surface area (Å²) in [5.41, 5.74) is 0.963. The molecule has 1 aromatic rings. The van der Waals surface area contributed by atoms with Crippen LogP contribution in [0.3, 0.4) is 0 Å². The highest BCUT2D eigenvalue weighted by atomic mass is 16.6. The Morgan fingerprint density at radius 3 is 3.05 bits per heavy atom. The molecule has 1 aromatic carbocycles. The molecular formula is C13H18N2O4. The minimum absolute atomic E-state index is 0.00502. The van der Waals surface area contributed by atoms with Crippen molar-refractivity contribution in [1.29, 1.82) is 0 Å². The summed E-state index contributed by atoms with van der Waals surface area (Å²) in [6.07, 6.45) is 1.69. The summed E-state index contributed by atoms with van der Waals surface area (Å²) in [7, 11) is 1.83. The van der Waals surface area contributed by atoms with Crippen LogP contribution < -0.4 is 10.1 Å². The van der Waals surface area contributed by atoms with Gasteiger partial charge < -0.3 is 14.8 Å². The molecule has 1 unspecified atom stereocenters. The first kappa shape index (κ1) is 13.8. The van der Waals surface area contributed by atoms with Gasteiger partial charge in [-0.25, -0.2) is 0 Å². The van der Waals surface area contributed by atoms with Crippen LogP contribution in [-0.4, -0.2) is 31.3 Å². The van der Waals surface area contributed by atoms with Crippen molar-refractivity contribution in [3.63, 3.8) is 0 Å². The number of rotatable bonds is 5. The topological polar surface area (TPSA) is 73.6 Å². The second-order valence-corrected chi connectivity index (χ2v) is 4.55. The molecule has 1 fully saturated rings. The van der Waals surface area contributed by atoms with E-state index >= 15 is 0 Å². The van der Waals surface area contributed by atoms with Gasteiger partial charge in [0.2, 0.25) is 0 Å². The number of nitrogens with one attached hydrogen (secondary N) is 1. The van der Waals surface area contributed by atoms with E-state index in [1.54, 1.807) is 12.1 Å². The lowest BCUT2D eigenvalue weighted by Crippen LogP contribution is -2.28. The largest absolute Gasteiger partial charge is 0.481 e. The van der Waals surface area contributed by atoms with Gasteiger partial charge in [-0.3, -0.25) is 10.1 Å². The molecule has 0 aliphatic carbocycles. The Labute approximate surface area is 111 Å². The Morgan fingerprint density at radius 1 is 1.58 bits per heavy atom. The van der Waals surface area contributed by atoms with Gasteiger partial charge in [0.1, 0.15) is 6.10 Å². The maximum absolute atomic E-state index is 11.0. The summed E-state index contributed by atoms with van der Waals surface area (Å²) in [5.74, 6) is 0.327. The summed E-state index contributed by atoms with van der Waals surface area (Å²) in [4.78, 5) is 10.6. The van der Waals surface area contributed by atoms with Gasteiger partial charge in [-0.15, -0.1) is 0 Å². The molecule has 0 aromatic heterocycles. The van der Waals surface area contributed by atoms with Crippen LogP contribution in [0.1, 0.15) is 18.4 Å². The summed E-state index contributed by atoms with van der Waals surface area (Å²) in [5, 5.41) is 14.0. The maximum atomic E-state index is 11.0. The van der Waals surface area contributed by atoms with Crippen molar-refractivity contribution in [2.45, 2.75) is 25.5 Å². The van der Waals surface area contributed by atoms with E-state index in [0.717, 1.165) is 25.0 Å². The van der Waals surface area contributed by atoms with Crippen LogP contribution in [-0.2, 0) is 11.3 Å². The predicted molar refractivity (Wildman–Crippen MR) is 70.3 cm³/mol. The van der Waals surface area contributed by atoms with Crippen LogP contribution in [0.5, 0.6) is 5.75 Å². The Hall–Kier alpha value is -1.66. The Kier molecular flexibility index (Phi) is 4.70. The van der Waals surface area contributed by atoms with Gasteiger partial charge in [-0.1, -0.05) is 6.07 Å². The molecule has 0 bridgehead atoms. The highest BCUT2D eigenvalue weighted by Crippen LogP contribution is 2.30. The zero-order valence-electron chi connectivity index (χ0n) is 10.9. The van der Waals surface area contributed by atoms with Crippen molar-refractivity contribution in [2.24, 2.45) is 0 Å². The predicted octanol–water partition coefficient (Wildman–Crippen LogP) is 1.87. The molecule has 1 atom stereocenters. The third-order valence-corrected chi connectivity index (χ3v) is 3.01. The van der Waals surface area contributed by atoms with E-state index in [9.17, 15) is 10.1 Å². The molecule has 2 rings (SSSR count). The maximum Gasteiger partial charge on any atom is 0.310 e. The number of nitro benzene ring substituents is 1. The van der Waals surface area contributed by atoms with Crippen molar-refractivity contribution in [1.82, 2.24) is 5.32 Å². The molecule has 1 saturated heterocycles. The molecule has 19 heavy (non-hydrogen) atoms. The third kappa shape index (κ3) is 3.65. The van der Waals surface area contributed by atoms with Gasteiger partial charge in [0.15, 0.2) is 5.75 Å². The van der Waals surface area contributed by atoms with Crippen molar-refractivity contribution in [3.8, 4) is 5.75 Å². The van der Waals surface area contributed by atoms with E-state index < -0.39 is 4.92 Å². The Balaban J connectivity index is 2.18. The first-order valence-electron chi connectivity index (χ1n) is 6.37. The summed E-state index contributed by atoms with van der Waals surface area (Å²) in [6, 6.07) is 4.95. The molecule has 0 saturated carbocycles. The molecule has 1 N–H and O–H groups in total. The second-order valence-electron chi connectivity index (χ2n) is 4.55. The van der Waals surface area contributed by atoms with Crippen LogP contribution in [0.4, 0.5) is 5.69 Å². The molecular weight excluding hydrogens is 248 g/mol. The Bertz CT molecular complexity index is 444. The monoisotopic (exact) mass is 266 g/mol. The van der Waals surface area contributed by atoms with Crippen LogP contribution in [0.15, 0.2) is 18.2 Å². The van der Waals surface area contributed by atoms with Crippen molar-refractivity contribution >= 4 is 5.69 Å². The van der Waals surface area contributed by atoms with Crippen molar-refractivity contribution in [3.05, 3.63) is 33.9 Å². The van der Waals surface area contributed by atoms with Crippen LogP contribution in [0, 0.1) is 10.1 Å². The standard InChI is InChI=1S/C13H18N2O4/c1-14-8-10-4-5-12(15(16)17)13(7-10)19-11-3-2-6-18-9-11/h4-5,7,11,14H,2-3,6,8-9H2,1H3. The van der Waals surface area contributed by atoms with Crippen LogP contribution in [0.2, 0.25) is 0 Å². The van der Waals surface area contributed by atoms with E-state index in [4.69, 9.17) is 9.47 Å². The molecule has 1 heterocycles. The van der Waals surface area contributed by atoms with Gasteiger partial charge >= 0.3 is 5.69 Å². The summed E-state index contributed by atoms with van der Waals surface area (Å²) >= 11 is 0. The number of benzene rings is 1. The number of nitrogens with zero attached hydrogens (tertiary/aromatic N) is 1. The average Bonchev–Trinajstić information content (AvgIpc) is 2.40. The first-order valence-corrected chi connectivity index (χ1v) is 6.37. The number of hydrogen-bond donors (Lipinski definition) is 1. The number of hydrogen-bond acceptors (Lipinski definition) is 5. The fourth-order valence-corrected chi connectivity index (χ4v) is 2.10. The third-order valence-electron chi connectivity index (χ3n) is 3.01. The van der Waals surface area contributed by atoms with Gasteiger partial charge in [-0.2, -0.15) is 0 Å². The summed E-state index contributed by atoms with van der Waals surface area (Å²) in [6.45, 7) is 1.88. The lowest BCUT2D eigenvalue weighted by atomic mass is 10.1. The van der Waals surface area contributed by atoms with Crippen LogP contribution >= 0.6 is 0 Å². The molecule has 1 aliphatic rings. The molecule has 0 radical (unpaired) electrons. The Morgan fingerprint density at radius 2 is 2.42 bits per heavy atom. The lowest BCUT2D eigenvalue weighted by molar-refractivity contribution is -0.386. The highest BCUT2D eigenvalue weighted by Gasteiger charge is 2.21. The molecule has 0 spiro atoms. The molecule has 1 aliphatic heterocycles. The first-order chi connectivity index (χ1) is 9.20. The molecule has 6 nitrogen and oxygen atoms in total. The zero-order valence-corrected chi connectivity index (χ0v) is 10.9. The van der Waals surface area contributed by atoms with E-state index in [-0.39, 0.29) is 11.8 Å². The van der Waals surface area contributed by atoms with E-state index in [2.05, 4.69) is 5.32 Å². The van der Waals surface area contributed by atoms with Gasteiger partial charge in [0.05, 0.1) is 11.5 Å². The van der Waals surface area contributed by atoms with Crippen molar-refractivity contribution < 1.29 is 14.4 Å². The highest BCUT2D eigenvalue weighted by molar-refractivity contribution is 5.48. The van der Waals surface area contributed by atoms with E-state index in [1.807, 2.05) is 7.05 Å². The zero-order chi connectivity index (χ0) is 13.7.